The first-order chi connectivity index (χ1) is 8.63. The van der Waals surface area contributed by atoms with Crippen molar-refractivity contribution in [3.63, 3.8) is 0 Å². The maximum Gasteiger partial charge on any atom is 0.228 e. The minimum absolute atomic E-state index is 0.00910. The molecule has 3 rings (SSSR count). The Labute approximate surface area is 105 Å². The van der Waals surface area contributed by atoms with Crippen LogP contribution < -0.4 is 11.1 Å². The van der Waals surface area contributed by atoms with Gasteiger partial charge in [-0.1, -0.05) is 12.1 Å². The molecular formula is C13H14N4O. The van der Waals surface area contributed by atoms with Crippen LogP contribution in [0.25, 0.3) is 0 Å². The van der Waals surface area contributed by atoms with Crippen LogP contribution in [-0.4, -0.2) is 15.7 Å². The maximum absolute atomic E-state index is 11.7. The van der Waals surface area contributed by atoms with Crippen molar-refractivity contribution >= 4 is 17.4 Å². The smallest absolute Gasteiger partial charge is 0.228 e. The summed E-state index contributed by atoms with van der Waals surface area (Å²) in [5.41, 5.74) is 8.39. The number of benzene rings is 1. The van der Waals surface area contributed by atoms with E-state index < -0.39 is 0 Å². The molecule has 1 aromatic carbocycles. The van der Waals surface area contributed by atoms with Crippen molar-refractivity contribution in [3.05, 3.63) is 41.6 Å². The molecule has 92 valence electrons. The molecule has 1 unspecified atom stereocenters. The number of carbonyl (C=O) groups excluding carboxylic acids is 1. The molecule has 5 heteroatoms. The quantitative estimate of drug-likeness (QED) is 0.748. The van der Waals surface area contributed by atoms with Crippen LogP contribution in [0.1, 0.15) is 23.7 Å². The van der Waals surface area contributed by atoms with Gasteiger partial charge < -0.3 is 11.1 Å². The number of anilines is 2. The van der Waals surface area contributed by atoms with E-state index in [1.165, 1.54) is 0 Å². The molecule has 0 bridgehead atoms. The molecule has 3 N–H and O–H groups in total. The van der Waals surface area contributed by atoms with Gasteiger partial charge in [-0.25, -0.2) is 4.68 Å². The van der Waals surface area contributed by atoms with Gasteiger partial charge in [0.05, 0.1) is 18.2 Å². The minimum Gasteiger partial charge on any atom is -0.399 e. The van der Waals surface area contributed by atoms with Gasteiger partial charge in [0.25, 0.3) is 0 Å². The lowest BCUT2D eigenvalue weighted by Crippen LogP contribution is -2.28. The molecule has 0 radical (unpaired) electrons. The molecule has 0 saturated carbocycles. The van der Waals surface area contributed by atoms with Crippen LogP contribution in [0, 0.1) is 6.92 Å². The van der Waals surface area contributed by atoms with Crippen LogP contribution in [-0.2, 0) is 4.79 Å². The van der Waals surface area contributed by atoms with Gasteiger partial charge in [-0.3, -0.25) is 4.79 Å². The monoisotopic (exact) mass is 242 g/mol. The fraction of sp³-hybridized carbons (Fsp3) is 0.231. The van der Waals surface area contributed by atoms with Crippen molar-refractivity contribution in [2.24, 2.45) is 0 Å². The number of fused-ring (bicyclic) bond motifs is 1. The molecule has 0 aliphatic carbocycles. The summed E-state index contributed by atoms with van der Waals surface area (Å²) in [5, 5.41) is 7.26. The summed E-state index contributed by atoms with van der Waals surface area (Å²) in [5.74, 6) is 0.756. The molecule has 0 saturated heterocycles. The zero-order valence-electron chi connectivity index (χ0n) is 10.1. The second kappa shape index (κ2) is 3.87. The second-order valence-corrected chi connectivity index (χ2v) is 4.55. The Kier molecular flexibility index (Phi) is 2.33. The highest BCUT2D eigenvalue weighted by atomic mass is 16.1. The van der Waals surface area contributed by atoms with Crippen molar-refractivity contribution in [1.82, 2.24) is 9.78 Å². The number of hydrogen-bond acceptors (Lipinski definition) is 3. The molecule has 1 aromatic heterocycles. The van der Waals surface area contributed by atoms with Gasteiger partial charge >= 0.3 is 0 Å². The Bertz CT molecular complexity index is 617. The summed E-state index contributed by atoms with van der Waals surface area (Å²) in [6, 6.07) is 9.39. The van der Waals surface area contributed by atoms with E-state index in [9.17, 15) is 4.79 Å². The van der Waals surface area contributed by atoms with Crippen LogP contribution in [0.5, 0.6) is 0 Å². The lowest BCUT2D eigenvalue weighted by Gasteiger charge is -2.25. The largest absolute Gasteiger partial charge is 0.399 e. The highest BCUT2D eigenvalue weighted by Gasteiger charge is 2.27. The number of aromatic nitrogens is 2. The van der Waals surface area contributed by atoms with E-state index in [4.69, 9.17) is 5.73 Å². The number of amides is 1. The number of nitrogens with two attached hydrogens (primary N) is 1. The van der Waals surface area contributed by atoms with E-state index in [-0.39, 0.29) is 11.9 Å². The fourth-order valence-corrected chi connectivity index (χ4v) is 2.33. The molecule has 1 atom stereocenters. The van der Waals surface area contributed by atoms with Gasteiger partial charge in [0, 0.05) is 11.8 Å². The molecule has 2 heterocycles. The first kappa shape index (κ1) is 10.8. The summed E-state index contributed by atoms with van der Waals surface area (Å²) < 4.78 is 1.85. The van der Waals surface area contributed by atoms with Crippen LogP contribution in [0.3, 0.4) is 0 Å². The molecule has 0 spiro atoms. The fourth-order valence-electron chi connectivity index (χ4n) is 2.33. The Morgan fingerprint density at radius 1 is 1.44 bits per heavy atom. The molecule has 1 aliphatic heterocycles. The Balaban J connectivity index is 2.09. The van der Waals surface area contributed by atoms with Crippen molar-refractivity contribution in [1.29, 1.82) is 0 Å². The van der Waals surface area contributed by atoms with E-state index in [1.54, 1.807) is 0 Å². The SMILES string of the molecule is Cc1cc2n(n1)C(c1cccc(N)c1)CC(=O)N2. The first-order valence-corrected chi connectivity index (χ1v) is 5.85. The number of carbonyl (C=O) groups is 1. The highest BCUT2D eigenvalue weighted by Crippen LogP contribution is 2.30. The number of nitrogens with zero attached hydrogens (tertiary/aromatic N) is 2. The minimum atomic E-state index is -0.0778. The van der Waals surface area contributed by atoms with Gasteiger partial charge in [0.15, 0.2) is 0 Å². The molecular weight excluding hydrogens is 228 g/mol. The van der Waals surface area contributed by atoms with Crippen LogP contribution in [0.15, 0.2) is 30.3 Å². The predicted molar refractivity (Wildman–Crippen MR) is 69.2 cm³/mol. The van der Waals surface area contributed by atoms with Crippen LogP contribution in [0.4, 0.5) is 11.5 Å². The third-order valence-electron chi connectivity index (χ3n) is 3.09. The maximum atomic E-state index is 11.7. The number of aryl methyl sites for hydroxylation is 1. The molecule has 5 nitrogen and oxygen atoms in total. The summed E-state index contributed by atoms with van der Waals surface area (Å²) in [4.78, 5) is 11.7. The van der Waals surface area contributed by atoms with E-state index in [2.05, 4.69) is 10.4 Å². The summed E-state index contributed by atoms with van der Waals surface area (Å²) in [6.45, 7) is 1.91. The lowest BCUT2D eigenvalue weighted by atomic mass is 10.0. The van der Waals surface area contributed by atoms with Gasteiger partial charge in [-0.2, -0.15) is 5.10 Å². The summed E-state index contributed by atoms with van der Waals surface area (Å²) in [7, 11) is 0. The Morgan fingerprint density at radius 2 is 2.28 bits per heavy atom. The number of nitrogens with one attached hydrogen (secondary N) is 1. The topological polar surface area (TPSA) is 72.9 Å². The molecule has 0 fully saturated rings. The van der Waals surface area contributed by atoms with E-state index in [1.807, 2.05) is 41.9 Å². The number of hydrogen-bond donors (Lipinski definition) is 2. The molecule has 1 amide bonds. The standard InChI is InChI=1S/C13H14N4O/c1-8-5-12-15-13(18)7-11(17(12)16-8)9-3-2-4-10(14)6-9/h2-6,11H,7,14H2,1H3,(H,15,18). The van der Waals surface area contributed by atoms with Crippen LogP contribution in [0.2, 0.25) is 0 Å². The highest BCUT2D eigenvalue weighted by molar-refractivity contribution is 5.92. The van der Waals surface area contributed by atoms with E-state index in [0.29, 0.717) is 12.1 Å². The van der Waals surface area contributed by atoms with Gasteiger partial charge in [0.1, 0.15) is 5.82 Å². The van der Waals surface area contributed by atoms with Crippen LogP contribution >= 0.6 is 0 Å². The molecule has 2 aromatic rings. The number of rotatable bonds is 1. The molecule has 1 aliphatic rings. The third kappa shape index (κ3) is 1.73. The zero-order valence-corrected chi connectivity index (χ0v) is 10.1. The summed E-state index contributed by atoms with van der Waals surface area (Å²) in [6.07, 6.45) is 0.386. The van der Waals surface area contributed by atoms with Gasteiger partial charge in [-0.05, 0) is 24.6 Å². The Morgan fingerprint density at radius 3 is 3.06 bits per heavy atom. The average molecular weight is 242 g/mol. The Hall–Kier alpha value is -2.30. The van der Waals surface area contributed by atoms with Crippen molar-refractivity contribution in [3.8, 4) is 0 Å². The first-order valence-electron chi connectivity index (χ1n) is 5.85. The van der Waals surface area contributed by atoms with Crippen molar-refractivity contribution in [2.45, 2.75) is 19.4 Å². The third-order valence-corrected chi connectivity index (χ3v) is 3.09. The van der Waals surface area contributed by atoms with E-state index >= 15 is 0 Å². The number of nitrogen functional groups attached to an aromatic ring is 1. The van der Waals surface area contributed by atoms with Crippen molar-refractivity contribution in [2.75, 3.05) is 11.1 Å². The summed E-state index contributed by atoms with van der Waals surface area (Å²) >= 11 is 0. The van der Waals surface area contributed by atoms with E-state index in [0.717, 1.165) is 17.1 Å². The van der Waals surface area contributed by atoms with Gasteiger partial charge in [0.2, 0.25) is 5.91 Å². The van der Waals surface area contributed by atoms with Crippen molar-refractivity contribution < 1.29 is 4.79 Å². The van der Waals surface area contributed by atoms with Gasteiger partial charge in [-0.15, -0.1) is 0 Å². The zero-order chi connectivity index (χ0) is 12.7. The predicted octanol–water partition coefficient (Wildman–Crippen LogP) is 1.71. The normalized spacial score (nSPS) is 18.3. The second-order valence-electron chi connectivity index (χ2n) is 4.55. The lowest BCUT2D eigenvalue weighted by molar-refractivity contribution is -0.117. The molecule has 18 heavy (non-hydrogen) atoms. The average Bonchev–Trinajstić information content (AvgIpc) is 2.68.